The molecule has 2 aromatic rings. The van der Waals surface area contributed by atoms with Gasteiger partial charge in [0, 0.05) is 24.8 Å². The van der Waals surface area contributed by atoms with Crippen LogP contribution in [0, 0.1) is 0 Å². The Kier molecular flexibility index (Phi) is 5.58. The van der Waals surface area contributed by atoms with Gasteiger partial charge >= 0.3 is 6.09 Å². The maximum atomic E-state index is 11.5. The predicted octanol–water partition coefficient (Wildman–Crippen LogP) is 2.84. The van der Waals surface area contributed by atoms with Crippen molar-refractivity contribution >= 4 is 12.2 Å². The number of aryl methyl sites for hydroxylation is 1. The number of hydrogen-bond donors (Lipinski definition) is 1. The van der Waals surface area contributed by atoms with Gasteiger partial charge in [0.2, 0.25) is 0 Å². The molecule has 0 aliphatic rings. The highest BCUT2D eigenvalue weighted by molar-refractivity contribution is 5.67. The first-order valence-corrected chi connectivity index (χ1v) is 6.91. The molecule has 0 radical (unpaired) electrons. The number of benzene rings is 1. The Morgan fingerprint density at radius 3 is 2.90 bits per heavy atom. The van der Waals surface area contributed by atoms with Crippen molar-refractivity contribution in [3.63, 3.8) is 0 Å². The molecular formula is C16H19N3O2. The summed E-state index contributed by atoms with van der Waals surface area (Å²) in [6.45, 7) is 3.58. The summed E-state index contributed by atoms with van der Waals surface area (Å²) in [6, 6.07) is 9.58. The summed E-state index contributed by atoms with van der Waals surface area (Å²) >= 11 is 0. The van der Waals surface area contributed by atoms with E-state index in [0.29, 0.717) is 6.54 Å². The smallest absolute Gasteiger partial charge is 0.407 e. The summed E-state index contributed by atoms with van der Waals surface area (Å²) in [5.74, 6) is 0. The van der Waals surface area contributed by atoms with Crippen LogP contribution in [-0.4, -0.2) is 22.4 Å². The van der Waals surface area contributed by atoms with E-state index in [9.17, 15) is 4.79 Å². The van der Waals surface area contributed by atoms with Gasteiger partial charge in [0.1, 0.15) is 6.61 Å². The molecule has 0 unspecified atom stereocenters. The number of nitrogens with zero attached hydrogens (tertiary/aromatic N) is 2. The van der Waals surface area contributed by atoms with Gasteiger partial charge in [0.25, 0.3) is 0 Å². The molecule has 0 bridgehead atoms. The lowest BCUT2D eigenvalue weighted by molar-refractivity contribution is 0.141. The third-order valence-electron chi connectivity index (χ3n) is 2.86. The van der Waals surface area contributed by atoms with E-state index in [0.717, 1.165) is 17.7 Å². The number of carbonyl (C=O) groups excluding carboxylic acids is 1. The lowest BCUT2D eigenvalue weighted by atomic mass is 10.2. The zero-order valence-corrected chi connectivity index (χ0v) is 12.0. The van der Waals surface area contributed by atoms with E-state index in [1.807, 2.05) is 60.3 Å². The van der Waals surface area contributed by atoms with Gasteiger partial charge in [-0.05, 0) is 12.5 Å². The average Bonchev–Trinajstić information content (AvgIpc) is 2.98. The Hall–Kier alpha value is -2.56. The molecule has 5 nitrogen and oxygen atoms in total. The SMILES string of the molecule is CCn1cc(C=CCNC(=O)OCc2ccccc2)cn1. The van der Waals surface area contributed by atoms with Gasteiger partial charge in [0.05, 0.1) is 6.20 Å². The predicted molar refractivity (Wildman–Crippen MR) is 81.6 cm³/mol. The second-order valence-corrected chi connectivity index (χ2v) is 4.47. The Morgan fingerprint density at radius 1 is 1.38 bits per heavy atom. The first-order valence-electron chi connectivity index (χ1n) is 6.91. The molecule has 0 spiro atoms. The number of rotatable bonds is 6. The highest BCUT2D eigenvalue weighted by Crippen LogP contribution is 2.01. The standard InChI is InChI=1S/C16H19N3O2/c1-2-19-12-15(11-18-19)9-6-10-17-16(20)21-13-14-7-4-3-5-8-14/h3-9,11-12H,2,10,13H2,1H3,(H,17,20). The second-order valence-electron chi connectivity index (χ2n) is 4.47. The molecule has 1 aromatic heterocycles. The van der Waals surface area contributed by atoms with Gasteiger partial charge < -0.3 is 10.1 Å². The Morgan fingerprint density at radius 2 is 2.19 bits per heavy atom. The van der Waals surface area contributed by atoms with Crippen molar-refractivity contribution in [2.24, 2.45) is 0 Å². The number of alkyl carbamates (subject to hydrolysis) is 1. The zero-order chi connectivity index (χ0) is 14.9. The fourth-order valence-corrected chi connectivity index (χ4v) is 1.75. The van der Waals surface area contributed by atoms with Crippen LogP contribution in [0.25, 0.3) is 6.08 Å². The number of carbonyl (C=O) groups is 1. The van der Waals surface area contributed by atoms with E-state index in [1.54, 1.807) is 6.20 Å². The van der Waals surface area contributed by atoms with Crippen molar-refractivity contribution in [1.82, 2.24) is 15.1 Å². The van der Waals surface area contributed by atoms with Gasteiger partial charge in [-0.1, -0.05) is 42.5 Å². The molecule has 1 amide bonds. The molecule has 1 aromatic carbocycles. The molecule has 2 rings (SSSR count). The van der Waals surface area contributed by atoms with Gasteiger partial charge in [-0.25, -0.2) is 4.79 Å². The monoisotopic (exact) mass is 285 g/mol. The molecule has 21 heavy (non-hydrogen) atoms. The number of hydrogen-bond acceptors (Lipinski definition) is 3. The number of amides is 1. The number of nitrogens with one attached hydrogen (secondary N) is 1. The lowest BCUT2D eigenvalue weighted by Crippen LogP contribution is -2.24. The van der Waals surface area contributed by atoms with E-state index in [2.05, 4.69) is 10.4 Å². The van der Waals surface area contributed by atoms with Crippen molar-refractivity contribution in [3.05, 3.63) is 59.9 Å². The number of ether oxygens (including phenoxy) is 1. The third kappa shape index (κ3) is 5.14. The molecule has 0 saturated carbocycles. The highest BCUT2D eigenvalue weighted by atomic mass is 16.5. The Balaban J connectivity index is 1.67. The van der Waals surface area contributed by atoms with E-state index >= 15 is 0 Å². The largest absolute Gasteiger partial charge is 0.445 e. The quantitative estimate of drug-likeness (QED) is 0.888. The van der Waals surface area contributed by atoms with Crippen LogP contribution in [0.5, 0.6) is 0 Å². The van der Waals surface area contributed by atoms with Crippen LogP contribution in [0.4, 0.5) is 4.79 Å². The maximum Gasteiger partial charge on any atom is 0.407 e. The summed E-state index contributed by atoms with van der Waals surface area (Å²) < 4.78 is 6.95. The minimum absolute atomic E-state index is 0.277. The summed E-state index contributed by atoms with van der Waals surface area (Å²) in [6.07, 6.45) is 7.09. The van der Waals surface area contributed by atoms with Crippen molar-refractivity contribution in [2.75, 3.05) is 6.54 Å². The van der Waals surface area contributed by atoms with E-state index in [4.69, 9.17) is 4.74 Å². The van der Waals surface area contributed by atoms with Crippen LogP contribution in [0.15, 0.2) is 48.8 Å². The lowest BCUT2D eigenvalue weighted by Gasteiger charge is -2.04. The summed E-state index contributed by atoms with van der Waals surface area (Å²) in [5, 5.41) is 6.83. The molecule has 0 fully saturated rings. The van der Waals surface area contributed by atoms with Gasteiger partial charge in [-0.3, -0.25) is 4.68 Å². The fraction of sp³-hybridized carbons (Fsp3) is 0.250. The van der Waals surface area contributed by atoms with Crippen molar-refractivity contribution in [2.45, 2.75) is 20.1 Å². The molecule has 0 aliphatic carbocycles. The maximum absolute atomic E-state index is 11.5. The molecule has 0 saturated heterocycles. The first kappa shape index (κ1) is 14.8. The van der Waals surface area contributed by atoms with Gasteiger partial charge in [0.15, 0.2) is 0 Å². The third-order valence-corrected chi connectivity index (χ3v) is 2.86. The molecule has 1 N–H and O–H groups in total. The van der Waals surface area contributed by atoms with E-state index in [1.165, 1.54) is 0 Å². The van der Waals surface area contributed by atoms with Crippen LogP contribution >= 0.6 is 0 Å². The Labute approximate surface area is 124 Å². The number of aromatic nitrogens is 2. The van der Waals surface area contributed by atoms with Crippen LogP contribution < -0.4 is 5.32 Å². The average molecular weight is 285 g/mol. The van der Waals surface area contributed by atoms with E-state index in [-0.39, 0.29) is 6.61 Å². The molecule has 110 valence electrons. The zero-order valence-electron chi connectivity index (χ0n) is 12.0. The van der Waals surface area contributed by atoms with Crippen molar-refractivity contribution < 1.29 is 9.53 Å². The van der Waals surface area contributed by atoms with Crippen molar-refractivity contribution in [3.8, 4) is 0 Å². The minimum Gasteiger partial charge on any atom is -0.445 e. The fourth-order valence-electron chi connectivity index (χ4n) is 1.75. The van der Waals surface area contributed by atoms with Crippen molar-refractivity contribution in [1.29, 1.82) is 0 Å². The normalized spacial score (nSPS) is 10.7. The van der Waals surface area contributed by atoms with Gasteiger partial charge in [-0.2, -0.15) is 5.10 Å². The minimum atomic E-state index is -0.423. The molecule has 0 atom stereocenters. The second kappa shape index (κ2) is 7.89. The Bertz CT molecular complexity index is 591. The first-order chi connectivity index (χ1) is 10.3. The summed E-state index contributed by atoms with van der Waals surface area (Å²) in [4.78, 5) is 11.5. The van der Waals surface area contributed by atoms with Crippen LogP contribution in [0.1, 0.15) is 18.1 Å². The van der Waals surface area contributed by atoms with Crippen LogP contribution in [0.3, 0.4) is 0 Å². The van der Waals surface area contributed by atoms with Crippen LogP contribution in [-0.2, 0) is 17.9 Å². The molecule has 5 heteroatoms. The topological polar surface area (TPSA) is 56.2 Å². The highest BCUT2D eigenvalue weighted by Gasteiger charge is 2.00. The summed E-state index contributed by atoms with van der Waals surface area (Å²) in [5.41, 5.74) is 1.98. The van der Waals surface area contributed by atoms with E-state index < -0.39 is 6.09 Å². The molecular weight excluding hydrogens is 266 g/mol. The van der Waals surface area contributed by atoms with Gasteiger partial charge in [-0.15, -0.1) is 0 Å². The summed E-state index contributed by atoms with van der Waals surface area (Å²) in [7, 11) is 0. The van der Waals surface area contributed by atoms with Crippen LogP contribution in [0.2, 0.25) is 0 Å². The molecule has 0 aliphatic heterocycles. The molecule has 1 heterocycles.